The minimum atomic E-state index is -0.297. The molecular formula is C19H19FN4OS. The fourth-order valence-electron chi connectivity index (χ4n) is 3.15. The van der Waals surface area contributed by atoms with E-state index in [2.05, 4.69) is 9.97 Å². The number of halogens is 1. The summed E-state index contributed by atoms with van der Waals surface area (Å²) < 4.78 is 14.3. The molecule has 5 nitrogen and oxygen atoms in total. The summed E-state index contributed by atoms with van der Waals surface area (Å²) in [5.74, 6) is -0.297. The smallest absolute Gasteiger partial charge is 0.324 e. The molecule has 3 heterocycles. The average molecular weight is 370 g/mol. The Morgan fingerprint density at radius 1 is 1.23 bits per heavy atom. The first kappa shape index (κ1) is 16.9. The van der Waals surface area contributed by atoms with E-state index in [1.807, 2.05) is 17.0 Å². The van der Waals surface area contributed by atoms with E-state index in [1.165, 1.54) is 23.5 Å². The van der Waals surface area contributed by atoms with Crippen LogP contribution in [0, 0.1) is 5.82 Å². The number of fused-ring (bicyclic) bond motifs is 1. The first-order chi connectivity index (χ1) is 12.7. The van der Waals surface area contributed by atoms with Crippen LogP contribution in [0.2, 0.25) is 0 Å². The van der Waals surface area contributed by atoms with E-state index < -0.39 is 0 Å². The van der Waals surface area contributed by atoms with E-state index >= 15 is 0 Å². The maximum atomic E-state index is 13.5. The molecule has 4 rings (SSSR count). The number of thiazole rings is 1. The van der Waals surface area contributed by atoms with Gasteiger partial charge < -0.3 is 4.90 Å². The Labute approximate surface area is 155 Å². The fraction of sp³-hybridized carbons (Fsp3) is 0.316. The molecule has 0 saturated carbocycles. The van der Waals surface area contributed by atoms with E-state index in [0.717, 1.165) is 42.6 Å². The summed E-state index contributed by atoms with van der Waals surface area (Å²) in [5, 5.41) is 0.588. The maximum Gasteiger partial charge on any atom is 0.326 e. The lowest BCUT2D eigenvalue weighted by atomic mass is 10.1. The Kier molecular flexibility index (Phi) is 4.79. The Hall–Kier alpha value is -2.54. The predicted octanol–water partition coefficient (Wildman–Crippen LogP) is 4.44. The molecule has 1 aliphatic rings. The molecule has 1 saturated heterocycles. The molecule has 0 unspecified atom stereocenters. The van der Waals surface area contributed by atoms with Gasteiger partial charge in [-0.2, -0.15) is 0 Å². The van der Waals surface area contributed by atoms with Crippen molar-refractivity contribution in [2.75, 3.05) is 18.0 Å². The fourth-order valence-corrected chi connectivity index (χ4v) is 4.13. The number of urea groups is 1. The lowest BCUT2D eigenvalue weighted by Crippen LogP contribution is -2.45. The summed E-state index contributed by atoms with van der Waals surface area (Å²) >= 11 is 1.34. The van der Waals surface area contributed by atoms with Crippen molar-refractivity contribution in [3.8, 4) is 0 Å². The van der Waals surface area contributed by atoms with E-state index in [9.17, 15) is 9.18 Å². The Bertz CT molecular complexity index is 908. The van der Waals surface area contributed by atoms with Crippen LogP contribution in [0.15, 0.2) is 42.7 Å². The third-order valence-electron chi connectivity index (χ3n) is 4.49. The van der Waals surface area contributed by atoms with E-state index in [4.69, 9.17) is 0 Å². The number of nitrogens with zero attached hydrogens (tertiary/aromatic N) is 4. The molecule has 2 amide bonds. The number of aromatic nitrogens is 2. The molecule has 0 spiro atoms. The normalized spacial score (nSPS) is 14.6. The second-order valence-corrected chi connectivity index (χ2v) is 7.40. The van der Waals surface area contributed by atoms with Gasteiger partial charge in [0.15, 0.2) is 5.13 Å². The first-order valence-electron chi connectivity index (χ1n) is 8.72. The molecule has 0 atom stereocenters. The Morgan fingerprint density at radius 3 is 2.85 bits per heavy atom. The molecule has 2 aromatic heterocycles. The van der Waals surface area contributed by atoms with Gasteiger partial charge in [-0.05, 0) is 49.1 Å². The largest absolute Gasteiger partial charge is 0.326 e. The maximum absolute atomic E-state index is 13.5. The minimum absolute atomic E-state index is 0.0481. The number of benzene rings is 1. The number of hydrogen-bond donors (Lipinski definition) is 0. The van der Waals surface area contributed by atoms with Gasteiger partial charge in [-0.3, -0.25) is 9.88 Å². The van der Waals surface area contributed by atoms with Crippen LogP contribution in [0.5, 0.6) is 0 Å². The molecule has 1 aliphatic heterocycles. The summed E-state index contributed by atoms with van der Waals surface area (Å²) in [4.78, 5) is 25.5. The van der Waals surface area contributed by atoms with Crippen molar-refractivity contribution in [1.29, 1.82) is 0 Å². The molecule has 7 heteroatoms. The van der Waals surface area contributed by atoms with Crippen molar-refractivity contribution in [2.24, 2.45) is 0 Å². The van der Waals surface area contributed by atoms with Gasteiger partial charge >= 0.3 is 6.03 Å². The number of hydrogen-bond acceptors (Lipinski definition) is 4. The van der Waals surface area contributed by atoms with Crippen molar-refractivity contribution in [2.45, 2.75) is 25.8 Å². The van der Waals surface area contributed by atoms with Gasteiger partial charge in [0.2, 0.25) is 0 Å². The van der Waals surface area contributed by atoms with E-state index in [-0.39, 0.29) is 11.8 Å². The molecule has 0 radical (unpaired) electrons. The second-order valence-electron chi connectivity index (χ2n) is 6.39. The Morgan fingerprint density at radius 2 is 2.08 bits per heavy atom. The van der Waals surface area contributed by atoms with Crippen molar-refractivity contribution in [3.63, 3.8) is 0 Å². The predicted molar refractivity (Wildman–Crippen MR) is 101 cm³/mol. The topological polar surface area (TPSA) is 49.3 Å². The van der Waals surface area contributed by atoms with Crippen molar-refractivity contribution < 1.29 is 9.18 Å². The molecule has 1 aromatic carbocycles. The number of carbonyl (C=O) groups is 1. The van der Waals surface area contributed by atoms with Crippen LogP contribution in [-0.2, 0) is 6.54 Å². The highest BCUT2D eigenvalue weighted by molar-refractivity contribution is 7.22. The monoisotopic (exact) mass is 370 g/mol. The molecular weight excluding hydrogens is 351 g/mol. The third-order valence-corrected chi connectivity index (χ3v) is 5.53. The highest BCUT2D eigenvalue weighted by Gasteiger charge is 2.26. The molecule has 1 fully saturated rings. The zero-order valence-electron chi connectivity index (χ0n) is 14.3. The summed E-state index contributed by atoms with van der Waals surface area (Å²) in [6.45, 7) is 1.93. The van der Waals surface area contributed by atoms with Crippen LogP contribution in [0.1, 0.15) is 24.8 Å². The van der Waals surface area contributed by atoms with Crippen LogP contribution in [0.25, 0.3) is 10.2 Å². The number of anilines is 1. The minimum Gasteiger partial charge on any atom is -0.324 e. The highest BCUT2D eigenvalue weighted by atomic mass is 32.1. The molecule has 0 bridgehead atoms. The van der Waals surface area contributed by atoms with Gasteiger partial charge in [-0.15, -0.1) is 0 Å². The summed E-state index contributed by atoms with van der Waals surface area (Å²) in [7, 11) is 0. The first-order valence-corrected chi connectivity index (χ1v) is 9.54. The van der Waals surface area contributed by atoms with Crippen LogP contribution in [0.4, 0.5) is 14.3 Å². The zero-order chi connectivity index (χ0) is 17.9. The van der Waals surface area contributed by atoms with Crippen LogP contribution >= 0.6 is 11.3 Å². The average Bonchev–Trinajstić information content (AvgIpc) is 3.10. The van der Waals surface area contributed by atoms with Crippen molar-refractivity contribution >= 4 is 32.7 Å². The quantitative estimate of drug-likeness (QED) is 0.685. The number of likely N-dealkylation sites (tertiary alicyclic amines) is 1. The van der Waals surface area contributed by atoms with Crippen LogP contribution in [-0.4, -0.2) is 34.0 Å². The number of carbonyl (C=O) groups excluding carboxylic acids is 1. The van der Waals surface area contributed by atoms with Gasteiger partial charge in [0.05, 0.1) is 16.8 Å². The number of piperidine rings is 1. The second kappa shape index (κ2) is 7.37. The van der Waals surface area contributed by atoms with E-state index in [1.54, 1.807) is 23.4 Å². The lowest BCUT2D eigenvalue weighted by molar-refractivity contribution is 0.192. The standard InChI is InChI=1S/C19H19FN4OS/c20-15-6-7-16-17(11-15)26-18(22-16)24(13-14-5-4-8-21-12-14)19(25)23-9-2-1-3-10-23/h4-8,11-12H,1-3,9-10,13H2. The zero-order valence-corrected chi connectivity index (χ0v) is 15.1. The molecule has 3 aromatic rings. The van der Waals surface area contributed by atoms with Gasteiger partial charge in [0.25, 0.3) is 0 Å². The SMILES string of the molecule is O=C(N1CCCCC1)N(Cc1cccnc1)c1nc2ccc(F)cc2s1. The number of rotatable bonds is 3. The summed E-state index contributed by atoms with van der Waals surface area (Å²) in [6.07, 6.45) is 6.67. The lowest BCUT2D eigenvalue weighted by Gasteiger charge is -2.31. The van der Waals surface area contributed by atoms with Crippen molar-refractivity contribution in [1.82, 2.24) is 14.9 Å². The van der Waals surface area contributed by atoms with Gasteiger partial charge in [-0.25, -0.2) is 14.2 Å². The number of pyridine rings is 1. The van der Waals surface area contributed by atoms with Crippen molar-refractivity contribution in [3.05, 3.63) is 54.1 Å². The third kappa shape index (κ3) is 3.53. The van der Waals surface area contributed by atoms with Gasteiger partial charge in [0, 0.05) is 25.5 Å². The van der Waals surface area contributed by atoms with Crippen LogP contribution < -0.4 is 4.90 Å². The Balaban J connectivity index is 1.69. The number of amides is 2. The molecule has 134 valence electrons. The molecule has 0 aliphatic carbocycles. The summed E-state index contributed by atoms with van der Waals surface area (Å²) in [6, 6.07) is 8.25. The van der Waals surface area contributed by atoms with Crippen LogP contribution in [0.3, 0.4) is 0 Å². The summed E-state index contributed by atoms with van der Waals surface area (Å²) in [5.41, 5.74) is 1.64. The van der Waals surface area contributed by atoms with Gasteiger partial charge in [-0.1, -0.05) is 17.4 Å². The molecule has 0 N–H and O–H groups in total. The van der Waals surface area contributed by atoms with E-state index in [0.29, 0.717) is 17.2 Å². The molecule has 26 heavy (non-hydrogen) atoms. The van der Waals surface area contributed by atoms with Gasteiger partial charge in [0.1, 0.15) is 5.82 Å². The highest BCUT2D eigenvalue weighted by Crippen LogP contribution is 2.31.